The summed E-state index contributed by atoms with van der Waals surface area (Å²) in [6, 6.07) is 3.69. The number of carbonyl (C=O) groups is 1. The van der Waals surface area contributed by atoms with Crippen LogP contribution in [-0.4, -0.2) is 48.9 Å². The van der Waals surface area contributed by atoms with E-state index in [4.69, 9.17) is 15.2 Å². The quantitative estimate of drug-likeness (QED) is 0.623. The molecule has 1 rings (SSSR count). The van der Waals surface area contributed by atoms with Gasteiger partial charge in [0.1, 0.15) is 0 Å². The van der Waals surface area contributed by atoms with Gasteiger partial charge in [-0.05, 0) is 51.8 Å². The van der Waals surface area contributed by atoms with E-state index >= 15 is 0 Å². The average molecular weight is 390 g/mol. The number of benzene rings is 1. The molecule has 0 radical (unpaired) electrons. The van der Waals surface area contributed by atoms with Crippen LogP contribution in [0.3, 0.4) is 0 Å². The van der Waals surface area contributed by atoms with Crippen LogP contribution in [0.15, 0.2) is 24.3 Å². The number of nitrogens with zero attached hydrogens (tertiary/aromatic N) is 1. The molecule has 1 unspecified atom stereocenters. The topological polar surface area (TPSA) is 64.8 Å². The molecule has 154 valence electrons. The Balaban J connectivity index is 2.80. The van der Waals surface area contributed by atoms with Crippen molar-refractivity contribution in [3.8, 4) is 0 Å². The number of ether oxygens (including phenoxy) is 2. The number of rotatable bonds is 10. The van der Waals surface area contributed by atoms with Crippen LogP contribution in [0.25, 0.3) is 0 Å². The molecule has 0 bridgehead atoms. The molecule has 0 aliphatic carbocycles. The van der Waals surface area contributed by atoms with Crippen LogP contribution in [0.1, 0.15) is 38.8 Å². The van der Waals surface area contributed by atoms with Gasteiger partial charge in [-0.3, -0.25) is 4.79 Å². The van der Waals surface area contributed by atoms with Crippen LogP contribution >= 0.6 is 0 Å². The second-order valence-electron chi connectivity index (χ2n) is 6.43. The van der Waals surface area contributed by atoms with E-state index in [0.29, 0.717) is 18.8 Å². The molecule has 8 heteroatoms. The summed E-state index contributed by atoms with van der Waals surface area (Å²) in [5.74, 6) is -0.297. The fraction of sp³-hybridized carbons (Fsp3) is 0.632. The fourth-order valence-electron chi connectivity index (χ4n) is 2.63. The maximum absolute atomic E-state index is 12.8. The Morgan fingerprint density at radius 3 is 2.04 bits per heavy atom. The average Bonchev–Trinajstić information content (AvgIpc) is 2.58. The van der Waals surface area contributed by atoms with Crippen LogP contribution < -0.4 is 5.73 Å². The highest BCUT2D eigenvalue weighted by atomic mass is 19.4. The Bertz CT molecular complexity index is 571. The molecule has 5 nitrogen and oxygen atoms in total. The standard InChI is InChI=1S/C19H29F3N2O3/c1-5-26-17(27-6-2)12-24(13(3)4)18(25)16(23)11-14-7-9-15(10-8-14)19(20,21)22/h7-10,13,16-17H,5-6,11-12,23H2,1-4H3. The minimum atomic E-state index is -4.39. The van der Waals surface area contributed by atoms with Crippen LogP contribution in [0, 0.1) is 0 Å². The Morgan fingerprint density at radius 2 is 1.63 bits per heavy atom. The lowest BCUT2D eigenvalue weighted by Crippen LogP contribution is -2.51. The molecule has 1 aromatic carbocycles. The number of amides is 1. The Hall–Kier alpha value is -1.64. The van der Waals surface area contributed by atoms with Crippen molar-refractivity contribution < 1.29 is 27.4 Å². The van der Waals surface area contributed by atoms with E-state index in [0.717, 1.165) is 12.1 Å². The molecule has 0 heterocycles. The molecule has 0 aromatic heterocycles. The number of carbonyl (C=O) groups excluding carboxylic acids is 1. The molecule has 0 fully saturated rings. The van der Waals surface area contributed by atoms with Crippen molar-refractivity contribution in [1.82, 2.24) is 4.90 Å². The lowest BCUT2D eigenvalue weighted by Gasteiger charge is -2.32. The molecule has 1 amide bonds. The smallest absolute Gasteiger partial charge is 0.351 e. The van der Waals surface area contributed by atoms with Crippen molar-refractivity contribution in [2.24, 2.45) is 5.73 Å². The van der Waals surface area contributed by atoms with Gasteiger partial charge in [-0.15, -0.1) is 0 Å². The predicted molar refractivity (Wildman–Crippen MR) is 97.0 cm³/mol. The first kappa shape index (κ1) is 23.4. The lowest BCUT2D eigenvalue weighted by atomic mass is 10.0. The van der Waals surface area contributed by atoms with Gasteiger partial charge in [0.05, 0.1) is 18.2 Å². The van der Waals surface area contributed by atoms with Crippen molar-refractivity contribution in [2.75, 3.05) is 19.8 Å². The third kappa shape index (κ3) is 7.48. The van der Waals surface area contributed by atoms with Gasteiger partial charge in [0.2, 0.25) is 5.91 Å². The molecule has 1 atom stereocenters. The molecule has 0 spiro atoms. The van der Waals surface area contributed by atoms with Crippen molar-refractivity contribution in [3.05, 3.63) is 35.4 Å². The van der Waals surface area contributed by atoms with E-state index in [2.05, 4.69) is 0 Å². The molecule has 1 aromatic rings. The van der Waals surface area contributed by atoms with Crippen LogP contribution in [-0.2, 0) is 26.9 Å². The highest BCUT2D eigenvalue weighted by Crippen LogP contribution is 2.29. The summed E-state index contributed by atoms with van der Waals surface area (Å²) in [6.45, 7) is 8.52. The zero-order chi connectivity index (χ0) is 20.6. The molecular weight excluding hydrogens is 361 g/mol. The summed E-state index contributed by atoms with van der Waals surface area (Å²) in [5, 5.41) is 0. The Morgan fingerprint density at radius 1 is 1.11 bits per heavy atom. The van der Waals surface area contributed by atoms with E-state index < -0.39 is 24.1 Å². The third-order valence-corrected chi connectivity index (χ3v) is 4.01. The maximum atomic E-state index is 12.8. The van der Waals surface area contributed by atoms with Gasteiger partial charge in [-0.25, -0.2) is 0 Å². The minimum Gasteiger partial charge on any atom is -0.351 e. The minimum absolute atomic E-state index is 0.125. The van der Waals surface area contributed by atoms with Gasteiger partial charge < -0.3 is 20.1 Å². The molecule has 0 saturated carbocycles. The van der Waals surface area contributed by atoms with Gasteiger partial charge in [0, 0.05) is 19.3 Å². The van der Waals surface area contributed by atoms with Gasteiger partial charge in [-0.1, -0.05) is 12.1 Å². The van der Waals surface area contributed by atoms with Crippen molar-refractivity contribution in [2.45, 2.75) is 58.7 Å². The highest BCUT2D eigenvalue weighted by molar-refractivity contribution is 5.82. The summed E-state index contributed by atoms with van der Waals surface area (Å²) in [7, 11) is 0. The van der Waals surface area contributed by atoms with E-state index in [1.807, 2.05) is 27.7 Å². The summed E-state index contributed by atoms with van der Waals surface area (Å²) < 4.78 is 48.9. The SMILES string of the molecule is CCOC(CN(C(=O)C(N)Cc1ccc(C(F)(F)F)cc1)C(C)C)OCC. The fourth-order valence-corrected chi connectivity index (χ4v) is 2.63. The number of nitrogens with two attached hydrogens (primary N) is 1. The summed E-state index contributed by atoms with van der Waals surface area (Å²) in [4.78, 5) is 14.3. The summed E-state index contributed by atoms with van der Waals surface area (Å²) in [6.07, 6.45) is -4.79. The largest absolute Gasteiger partial charge is 0.416 e. The van der Waals surface area contributed by atoms with E-state index in [1.54, 1.807) is 4.90 Å². The van der Waals surface area contributed by atoms with Crippen LogP contribution in [0.4, 0.5) is 13.2 Å². The van der Waals surface area contributed by atoms with Crippen molar-refractivity contribution in [1.29, 1.82) is 0 Å². The number of halogens is 3. The van der Waals surface area contributed by atoms with Crippen LogP contribution in [0.5, 0.6) is 0 Å². The number of hydrogen-bond acceptors (Lipinski definition) is 4. The number of hydrogen-bond donors (Lipinski definition) is 1. The molecule has 2 N–H and O–H groups in total. The van der Waals surface area contributed by atoms with Gasteiger partial charge in [0.15, 0.2) is 6.29 Å². The lowest BCUT2D eigenvalue weighted by molar-refractivity contribution is -0.162. The Kier molecular flexibility index (Phi) is 9.21. The molecule has 27 heavy (non-hydrogen) atoms. The second kappa shape index (κ2) is 10.6. The first-order valence-corrected chi connectivity index (χ1v) is 9.05. The monoisotopic (exact) mass is 390 g/mol. The summed E-state index contributed by atoms with van der Waals surface area (Å²) in [5.41, 5.74) is 5.88. The normalized spacial score (nSPS) is 13.3. The van der Waals surface area contributed by atoms with E-state index in [9.17, 15) is 18.0 Å². The van der Waals surface area contributed by atoms with Crippen LogP contribution in [0.2, 0.25) is 0 Å². The number of alkyl halides is 3. The van der Waals surface area contributed by atoms with Gasteiger partial charge in [0.25, 0.3) is 0 Å². The van der Waals surface area contributed by atoms with Gasteiger partial charge in [-0.2, -0.15) is 13.2 Å². The Labute approximate surface area is 158 Å². The third-order valence-electron chi connectivity index (χ3n) is 4.01. The van der Waals surface area contributed by atoms with Gasteiger partial charge >= 0.3 is 6.18 Å². The van der Waals surface area contributed by atoms with Crippen molar-refractivity contribution >= 4 is 5.91 Å². The first-order chi connectivity index (χ1) is 12.6. The second-order valence-corrected chi connectivity index (χ2v) is 6.43. The maximum Gasteiger partial charge on any atom is 0.416 e. The molecular formula is C19H29F3N2O3. The van der Waals surface area contributed by atoms with E-state index in [-0.39, 0.29) is 24.9 Å². The first-order valence-electron chi connectivity index (χ1n) is 9.05. The zero-order valence-corrected chi connectivity index (χ0v) is 16.3. The zero-order valence-electron chi connectivity index (χ0n) is 16.3. The molecule has 0 aliphatic rings. The molecule has 0 saturated heterocycles. The van der Waals surface area contributed by atoms with Crippen molar-refractivity contribution in [3.63, 3.8) is 0 Å². The van der Waals surface area contributed by atoms with E-state index in [1.165, 1.54) is 12.1 Å². The summed E-state index contributed by atoms with van der Waals surface area (Å²) >= 11 is 0. The molecule has 0 aliphatic heterocycles. The predicted octanol–water partition coefficient (Wildman–Crippen LogP) is 3.21. The highest BCUT2D eigenvalue weighted by Gasteiger charge is 2.30.